The minimum Gasteiger partial charge on any atom is -0.507 e. The third-order valence-electron chi connectivity index (χ3n) is 6.25. The van der Waals surface area contributed by atoms with E-state index in [-0.39, 0.29) is 17.9 Å². The van der Waals surface area contributed by atoms with Gasteiger partial charge in [-0.05, 0) is 67.3 Å². The van der Waals surface area contributed by atoms with Crippen molar-refractivity contribution in [1.82, 2.24) is 9.88 Å². The Morgan fingerprint density at radius 3 is 2.43 bits per heavy atom. The van der Waals surface area contributed by atoms with Gasteiger partial charge in [-0.15, -0.1) is 0 Å². The molecule has 1 fully saturated rings. The first-order chi connectivity index (χ1) is 16.9. The summed E-state index contributed by atoms with van der Waals surface area (Å²) in [6.45, 7) is 6.75. The lowest BCUT2D eigenvalue weighted by molar-refractivity contribution is -0.140. The molecule has 6 heteroatoms. The van der Waals surface area contributed by atoms with Crippen molar-refractivity contribution in [2.24, 2.45) is 0 Å². The highest BCUT2D eigenvalue weighted by atomic mass is 16.5. The van der Waals surface area contributed by atoms with Crippen LogP contribution in [0.3, 0.4) is 0 Å². The largest absolute Gasteiger partial charge is 0.507 e. The van der Waals surface area contributed by atoms with E-state index in [2.05, 4.69) is 11.9 Å². The number of amides is 1. The van der Waals surface area contributed by atoms with E-state index in [0.29, 0.717) is 12.2 Å². The topological polar surface area (TPSA) is 79.7 Å². The number of aliphatic hydroxyl groups excluding tert-OH is 1. The van der Waals surface area contributed by atoms with Crippen LogP contribution in [0, 0.1) is 13.8 Å². The molecule has 1 aliphatic heterocycles. The first-order valence-corrected chi connectivity index (χ1v) is 11.9. The van der Waals surface area contributed by atoms with Gasteiger partial charge in [0, 0.05) is 24.5 Å². The van der Waals surface area contributed by atoms with Crippen molar-refractivity contribution >= 4 is 17.4 Å². The minimum atomic E-state index is -0.729. The summed E-state index contributed by atoms with van der Waals surface area (Å²) in [6, 6.07) is 16.0. The lowest BCUT2D eigenvalue weighted by atomic mass is 9.93. The average Bonchev–Trinajstić information content (AvgIpc) is 3.11. The standard InChI is InChI=1S/C29H30N2O4/c1-4-5-16-35-23-10-8-22(9-11-23)26-25(27(32)24-17-19(2)6-7-20(24)3)28(33)29(34)31(26)18-21-12-14-30-15-13-21/h6-15,17,26,32H,4-5,16,18H2,1-3H3. The molecule has 2 aromatic carbocycles. The number of pyridine rings is 1. The van der Waals surface area contributed by atoms with Gasteiger partial charge in [0.15, 0.2) is 0 Å². The Balaban J connectivity index is 1.80. The number of benzene rings is 2. The Morgan fingerprint density at radius 2 is 1.74 bits per heavy atom. The molecule has 1 saturated heterocycles. The molecule has 6 nitrogen and oxygen atoms in total. The number of hydrogen-bond acceptors (Lipinski definition) is 5. The molecule has 1 unspecified atom stereocenters. The van der Waals surface area contributed by atoms with Gasteiger partial charge < -0.3 is 14.7 Å². The van der Waals surface area contributed by atoms with Gasteiger partial charge in [-0.25, -0.2) is 0 Å². The first-order valence-electron chi connectivity index (χ1n) is 11.9. The molecule has 1 aliphatic rings. The highest BCUT2D eigenvalue weighted by molar-refractivity contribution is 6.46. The van der Waals surface area contributed by atoms with Crippen molar-refractivity contribution in [3.05, 3.63) is 100 Å². The highest BCUT2D eigenvalue weighted by Crippen LogP contribution is 2.41. The fourth-order valence-electron chi connectivity index (χ4n) is 4.29. The van der Waals surface area contributed by atoms with E-state index in [9.17, 15) is 14.7 Å². The molecule has 0 bridgehead atoms. The second kappa shape index (κ2) is 10.6. The predicted octanol–water partition coefficient (Wildman–Crippen LogP) is 5.50. The van der Waals surface area contributed by atoms with Gasteiger partial charge in [-0.3, -0.25) is 14.6 Å². The Labute approximate surface area is 205 Å². The highest BCUT2D eigenvalue weighted by Gasteiger charge is 2.46. The van der Waals surface area contributed by atoms with Gasteiger partial charge in [-0.2, -0.15) is 0 Å². The number of aromatic nitrogens is 1. The number of unbranched alkanes of at least 4 members (excludes halogenated alkanes) is 1. The van der Waals surface area contributed by atoms with E-state index in [1.807, 2.05) is 68.4 Å². The normalized spacial score (nSPS) is 17.1. The summed E-state index contributed by atoms with van der Waals surface area (Å²) in [6.07, 6.45) is 5.31. The summed E-state index contributed by atoms with van der Waals surface area (Å²) in [5.74, 6) is -0.759. The molecule has 1 N–H and O–H groups in total. The zero-order chi connectivity index (χ0) is 24.9. The number of rotatable bonds is 8. The van der Waals surface area contributed by atoms with Gasteiger partial charge in [0.25, 0.3) is 11.7 Å². The van der Waals surface area contributed by atoms with Crippen LogP contribution >= 0.6 is 0 Å². The van der Waals surface area contributed by atoms with Crippen LogP contribution in [0.5, 0.6) is 5.75 Å². The molecule has 4 rings (SSSR count). The monoisotopic (exact) mass is 470 g/mol. The second-order valence-corrected chi connectivity index (χ2v) is 8.87. The maximum atomic E-state index is 13.3. The lowest BCUT2D eigenvalue weighted by Gasteiger charge is -2.25. The zero-order valence-electron chi connectivity index (χ0n) is 20.3. The number of likely N-dealkylation sites (tertiary alicyclic amines) is 1. The number of hydrogen-bond donors (Lipinski definition) is 1. The minimum absolute atomic E-state index is 0.0948. The number of carbonyl (C=O) groups is 2. The third-order valence-corrected chi connectivity index (χ3v) is 6.25. The second-order valence-electron chi connectivity index (χ2n) is 8.87. The summed E-state index contributed by atoms with van der Waals surface area (Å²) in [4.78, 5) is 32.1. The first kappa shape index (κ1) is 24.2. The maximum Gasteiger partial charge on any atom is 0.295 e. The van der Waals surface area contributed by atoms with Crippen LogP contribution in [0.15, 0.2) is 72.6 Å². The number of ether oxygens (including phenoxy) is 1. The predicted molar refractivity (Wildman–Crippen MR) is 135 cm³/mol. The smallest absolute Gasteiger partial charge is 0.295 e. The summed E-state index contributed by atoms with van der Waals surface area (Å²) in [5.41, 5.74) is 4.00. The van der Waals surface area contributed by atoms with Crippen molar-refractivity contribution in [2.45, 2.75) is 46.2 Å². The quantitative estimate of drug-likeness (QED) is 0.204. The average molecular weight is 471 g/mol. The Bertz CT molecular complexity index is 1250. The molecular weight excluding hydrogens is 440 g/mol. The maximum absolute atomic E-state index is 13.3. The molecule has 1 aromatic heterocycles. The van der Waals surface area contributed by atoms with E-state index in [1.165, 1.54) is 4.90 Å². The molecule has 1 amide bonds. The van der Waals surface area contributed by atoms with E-state index < -0.39 is 17.7 Å². The molecule has 0 saturated carbocycles. The zero-order valence-corrected chi connectivity index (χ0v) is 20.3. The van der Waals surface area contributed by atoms with Crippen molar-refractivity contribution in [3.8, 4) is 5.75 Å². The van der Waals surface area contributed by atoms with E-state index >= 15 is 0 Å². The van der Waals surface area contributed by atoms with Crippen molar-refractivity contribution in [2.75, 3.05) is 6.61 Å². The molecule has 3 aromatic rings. The number of Topliss-reactive ketones (excluding diaryl/α,β-unsaturated/α-hetero) is 1. The molecule has 180 valence electrons. The molecule has 0 radical (unpaired) electrons. The fraction of sp³-hybridized carbons (Fsp3) is 0.276. The number of ketones is 1. The Kier molecular flexibility index (Phi) is 7.30. The van der Waals surface area contributed by atoms with Gasteiger partial charge in [0.2, 0.25) is 0 Å². The molecule has 0 spiro atoms. The van der Waals surface area contributed by atoms with Crippen LogP contribution in [0.25, 0.3) is 5.76 Å². The number of carbonyl (C=O) groups excluding carboxylic acids is 2. The van der Waals surface area contributed by atoms with Crippen LogP contribution in [-0.2, 0) is 16.1 Å². The van der Waals surface area contributed by atoms with Gasteiger partial charge in [0.1, 0.15) is 11.5 Å². The van der Waals surface area contributed by atoms with Crippen LogP contribution in [0.2, 0.25) is 0 Å². The summed E-state index contributed by atoms with van der Waals surface area (Å²) in [7, 11) is 0. The van der Waals surface area contributed by atoms with Gasteiger partial charge >= 0.3 is 0 Å². The summed E-state index contributed by atoms with van der Waals surface area (Å²) in [5, 5.41) is 11.4. The Hall–Kier alpha value is -3.93. The number of aryl methyl sites for hydroxylation is 2. The van der Waals surface area contributed by atoms with E-state index in [1.54, 1.807) is 12.4 Å². The van der Waals surface area contributed by atoms with E-state index in [0.717, 1.165) is 40.8 Å². The van der Waals surface area contributed by atoms with Crippen LogP contribution in [0.4, 0.5) is 0 Å². The molecule has 35 heavy (non-hydrogen) atoms. The van der Waals surface area contributed by atoms with Crippen molar-refractivity contribution in [1.29, 1.82) is 0 Å². The van der Waals surface area contributed by atoms with Gasteiger partial charge in [0.05, 0.1) is 18.2 Å². The number of aliphatic hydroxyl groups is 1. The molecule has 0 aliphatic carbocycles. The summed E-state index contributed by atoms with van der Waals surface area (Å²) >= 11 is 0. The molecular formula is C29H30N2O4. The van der Waals surface area contributed by atoms with Crippen LogP contribution < -0.4 is 4.74 Å². The molecule has 2 heterocycles. The van der Waals surface area contributed by atoms with Gasteiger partial charge in [-0.1, -0.05) is 43.2 Å². The SMILES string of the molecule is CCCCOc1ccc(C2C(=C(O)c3cc(C)ccc3C)C(=O)C(=O)N2Cc2ccncc2)cc1. The number of nitrogens with zero attached hydrogens (tertiary/aromatic N) is 2. The van der Waals surface area contributed by atoms with Crippen molar-refractivity contribution < 1.29 is 19.4 Å². The lowest BCUT2D eigenvalue weighted by Crippen LogP contribution is -2.29. The fourth-order valence-corrected chi connectivity index (χ4v) is 4.29. The molecule has 1 atom stereocenters. The van der Waals surface area contributed by atoms with E-state index in [4.69, 9.17) is 4.74 Å². The van der Waals surface area contributed by atoms with Crippen molar-refractivity contribution in [3.63, 3.8) is 0 Å². The summed E-state index contributed by atoms with van der Waals surface area (Å²) < 4.78 is 5.79. The third kappa shape index (κ3) is 5.11. The van der Waals surface area contributed by atoms with Crippen LogP contribution in [0.1, 0.15) is 53.6 Å². The Morgan fingerprint density at radius 1 is 1.03 bits per heavy atom. The van der Waals surface area contributed by atoms with Crippen LogP contribution in [-0.4, -0.2) is 33.3 Å².